The first kappa shape index (κ1) is 12.6. The summed E-state index contributed by atoms with van der Waals surface area (Å²) in [5, 5.41) is 2.66. The van der Waals surface area contributed by atoms with E-state index in [0.29, 0.717) is 29.9 Å². The summed E-state index contributed by atoms with van der Waals surface area (Å²) >= 11 is 4.70. The van der Waals surface area contributed by atoms with E-state index in [1.165, 1.54) is 18.2 Å². The number of hydrogen-bond donors (Lipinski definition) is 2. The van der Waals surface area contributed by atoms with E-state index in [1.54, 1.807) is 6.07 Å². The molecule has 1 aromatic carbocycles. The van der Waals surface area contributed by atoms with Crippen LogP contribution in [0.2, 0.25) is 0 Å². The molecule has 5 heteroatoms. The molecule has 1 aromatic rings. The molecule has 86 valence electrons. The van der Waals surface area contributed by atoms with Crippen molar-refractivity contribution in [3.63, 3.8) is 0 Å². The van der Waals surface area contributed by atoms with E-state index in [4.69, 9.17) is 18.0 Å². The molecule has 1 rings (SSSR count). The van der Waals surface area contributed by atoms with Crippen molar-refractivity contribution >= 4 is 23.1 Å². The average Bonchev–Trinajstić information content (AvgIpc) is 2.24. The highest BCUT2D eigenvalue weighted by atomic mass is 32.1. The number of benzene rings is 1. The van der Waals surface area contributed by atoms with Crippen LogP contribution < -0.4 is 11.1 Å². The zero-order chi connectivity index (χ0) is 12.0. The van der Waals surface area contributed by atoms with Crippen LogP contribution >= 0.6 is 12.2 Å². The molecule has 1 amide bonds. The van der Waals surface area contributed by atoms with Gasteiger partial charge in [-0.3, -0.25) is 4.79 Å². The van der Waals surface area contributed by atoms with Crippen molar-refractivity contribution in [2.75, 3.05) is 6.54 Å². The van der Waals surface area contributed by atoms with Crippen molar-refractivity contribution in [1.82, 2.24) is 5.32 Å². The zero-order valence-corrected chi connectivity index (χ0v) is 9.52. The van der Waals surface area contributed by atoms with Crippen LogP contribution in [0.4, 0.5) is 4.39 Å². The number of halogens is 1. The minimum absolute atomic E-state index is 0.289. The third-order valence-electron chi connectivity index (χ3n) is 1.97. The number of carbonyl (C=O) groups is 1. The van der Waals surface area contributed by atoms with Crippen LogP contribution in [0.25, 0.3) is 0 Å². The molecule has 0 aromatic heterocycles. The Morgan fingerprint density at radius 2 is 2.25 bits per heavy atom. The predicted molar refractivity (Wildman–Crippen MR) is 64.8 cm³/mol. The van der Waals surface area contributed by atoms with Gasteiger partial charge in [-0.15, -0.1) is 0 Å². The third kappa shape index (κ3) is 4.35. The fourth-order valence-corrected chi connectivity index (χ4v) is 1.34. The molecule has 0 aliphatic heterocycles. The van der Waals surface area contributed by atoms with E-state index >= 15 is 0 Å². The first-order valence-corrected chi connectivity index (χ1v) is 5.32. The molecular weight excluding hydrogens is 227 g/mol. The molecule has 0 spiro atoms. The van der Waals surface area contributed by atoms with Crippen LogP contribution in [0.3, 0.4) is 0 Å². The smallest absolute Gasteiger partial charge is 0.251 e. The van der Waals surface area contributed by atoms with Gasteiger partial charge in [-0.2, -0.15) is 0 Å². The molecule has 0 fully saturated rings. The van der Waals surface area contributed by atoms with Crippen molar-refractivity contribution in [1.29, 1.82) is 0 Å². The molecule has 0 saturated heterocycles. The van der Waals surface area contributed by atoms with Crippen LogP contribution in [-0.2, 0) is 0 Å². The molecule has 0 bridgehead atoms. The van der Waals surface area contributed by atoms with Crippen LogP contribution in [0.5, 0.6) is 0 Å². The maximum absolute atomic E-state index is 12.8. The van der Waals surface area contributed by atoms with Gasteiger partial charge in [-0.05, 0) is 31.0 Å². The van der Waals surface area contributed by atoms with Gasteiger partial charge in [-0.25, -0.2) is 4.39 Å². The third-order valence-corrected chi connectivity index (χ3v) is 2.18. The van der Waals surface area contributed by atoms with Gasteiger partial charge in [0, 0.05) is 12.1 Å². The van der Waals surface area contributed by atoms with E-state index in [0.717, 1.165) is 0 Å². The van der Waals surface area contributed by atoms with Crippen molar-refractivity contribution in [3.8, 4) is 0 Å². The molecule has 0 atom stereocenters. The summed E-state index contributed by atoms with van der Waals surface area (Å²) in [6.07, 6.45) is 1.29. The SMILES string of the molecule is NC(=S)CCCNC(=O)c1cccc(F)c1. The molecule has 0 heterocycles. The summed E-state index contributed by atoms with van der Waals surface area (Å²) < 4.78 is 12.8. The number of hydrogen-bond acceptors (Lipinski definition) is 2. The Hall–Kier alpha value is -1.49. The Morgan fingerprint density at radius 3 is 2.88 bits per heavy atom. The molecule has 3 nitrogen and oxygen atoms in total. The fourth-order valence-electron chi connectivity index (χ4n) is 1.20. The van der Waals surface area contributed by atoms with Crippen LogP contribution in [0.1, 0.15) is 23.2 Å². The van der Waals surface area contributed by atoms with Gasteiger partial charge in [0.1, 0.15) is 5.82 Å². The summed E-state index contributed by atoms with van der Waals surface area (Å²) in [7, 11) is 0. The van der Waals surface area contributed by atoms with Crippen LogP contribution in [0, 0.1) is 5.82 Å². The first-order valence-electron chi connectivity index (χ1n) is 4.91. The minimum Gasteiger partial charge on any atom is -0.393 e. The van der Waals surface area contributed by atoms with Crippen molar-refractivity contribution in [3.05, 3.63) is 35.6 Å². The second kappa shape index (κ2) is 6.17. The highest BCUT2D eigenvalue weighted by Crippen LogP contribution is 2.03. The second-order valence-electron chi connectivity index (χ2n) is 3.34. The summed E-state index contributed by atoms with van der Waals surface area (Å²) in [6.45, 7) is 0.479. The van der Waals surface area contributed by atoms with Gasteiger partial charge in [0.05, 0.1) is 4.99 Å². The lowest BCUT2D eigenvalue weighted by atomic mass is 10.2. The lowest BCUT2D eigenvalue weighted by Crippen LogP contribution is -2.25. The highest BCUT2D eigenvalue weighted by Gasteiger charge is 2.05. The first-order chi connectivity index (χ1) is 7.59. The molecule has 3 N–H and O–H groups in total. The Bertz CT molecular complexity index is 395. The van der Waals surface area contributed by atoms with E-state index in [2.05, 4.69) is 5.32 Å². The number of nitrogens with one attached hydrogen (secondary N) is 1. The fraction of sp³-hybridized carbons (Fsp3) is 0.273. The standard InChI is InChI=1S/C11H13FN2OS/c12-9-4-1-3-8(7-9)11(15)14-6-2-5-10(13)16/h1,3-4,7H,2,5-6H2,(H2,13,16)(H,14,15). The molecule has 16 heavy (non-hydrogen) atoms. The van der Waals surface area contributed by atoms with Crippen molar-refractivity contribution in [2.45, 2.75) is 12.8 Å². The molecular formula is C11H13FN2OS. The van der Waals surface area contributed by atoms with Gasteiger partial charge in [-0.1, -0.05) is 18.3 Å². The topological polar surface area (TPSA) is 55.1 Å². The number of amides is 1. The predicted octanol–water partition coefficient (Wildman–Crippen LogP) is 1.62. The average molecular weight is 240 g/mol. The van der Waals surface area contributed by atoms with Gasteiger partial charge in [0.25, 0.3) is 5.91 Å². The quantitative estimate of drug-likeness (QED) is 0.607. The monoisotopic (exact) mass is 240 g/mol. The summed E-state index contributed by atoms with van der Waals surface area (Å²) in [6, 6.07) is 5.55. The van der Waals surface area contributed by atoms with Gasteiger partial charge >= 0.3 is 0 Å². The number of thiocarbonyl (C=S) groups is 1. The van der Waals surface area contributed by atoms with E-state index < -0.39 is 5.82 Å². The maximum atomic E-state index is 12.8. The van der Waals surface area contributed by atoms with Crippen molar-refractivity contribution < 1.29 is 9.18 Å². The Labute approximate surface area is 98.8 Å². The molecule has 0 saturated carbocycles. The van der Waals surface area contributed by atoms with Gasteiger partial charge in [0.2, 0.25) is 0 Å². The van der Waals surface area contributed by atoms with Crippen LogP contribution in [0.15, 0.2) is 24.3 Å². The van der Waals surface area contributed by atoms with E-state index in [-0.39, 0.29) is 5.91 Å². The Kier molecular flexibility index (Phi) is 4.85. The molecule has 0 unspecified atom stereocenters. The van der Waals surface area contributed by atoms with Gasteiger partial charge < -0.3 is 11.1 Å². The number of rotatable bonds is 5. The van der Waals surface area contributed by atoms with Crippen LogP contribution in [-0.4, -0.2) is 17.4 Å². The lowest BCUT2D eigenvalue weighted by molar-refractivity contribution is 0.0953. The van der Waals surface area contributed by atoms with Gasteiger partial charge in [0.15, 0.2) is 0 Å². The highest BCUT2D eigenvalue weighted by molar-refractivity contribution is 7.80. The Balaban J connectivity index is 2.38. The summed E-state index contributed by atoms with van der Waals surface area (Å²) in [5.41, 5.74) is 5.62. The normalized spacial score (nSPS) is 9.81. The number of nitrogens with two attached hydrogens (primary N) is 1. The number of carbonyl (C=O) groups excluding carboxylic acids is 1. The molecule has 0 aliphatic rings. The second-order valence-corrected chi connectivity index (χ2v) is 3.86. The zero-order valence-electron chi connectivity index (χ0n) is 8.70. The van der Waals surface area contributed by atoms with E-state index in [1.807, 2.05) is 0 Å². The van der Waals surface area contributed by atoms with E-state index in [9.17, 15) is 9.18 Å². The van der Waals surface area contributed by atoms with Crippen molar-refractivity contribution in [2.24, 2.45) is 5.73 Å². The lowest BCUT2D eigenvalue weighted by Gasteiger charge is -2.04. The largest absolute Gasteiger partial charge is 0.393 e. The Morgan fingerprint density at radius 1 is 1.50 bits per heavy atom. The summed E-state index contributed by atoms with van der Waals surface area (Å²) in [4.78, 5) is 11.9. The minimum atomic E-state index is -0.421. The molecule has 0 aliphatic carbocycles. The maximum Gasteiger partial charge on any atom is 0.251 e. The molecule has 0 radical (unpaired) electrons. The summed E-state index contributed by atoms with van der Waals surface area (Å²) in [5.74, 6) is -0.710.